The molecule has 2 N–H and O–H groups in total. The zero-order chi connectivity index (χ0) is 23.1. The summed E-state index contributed by atoms with van der Waals surface area (Å²) in [4.78, 5) is 33.8. The lowest BCUT2D eigenvalue weighted by Gasteiger charge is -2.37. The van der Waals surface area contributed by atoms with Crippen molar-refractivity contribution in [3.8, 4) is 0 Å². The first-order chi connectivity index (χ1) is 15.1. The molecule has 2 aromatic carbocycles. The van der Waals surface area contributed by atoms with Gasteiger partial charge in [0.2, 0.25) is 11.8 Å². The van der Waals surface area contributed by atoms with Crippen molar-refractivity contribution in [2.75, 3.05) is 11.4 Å². The molecule has 0 radical (unpaired) electrons. The van der Waals surface area contributed by atoms with E-state index in [9.17, 15) is 9.59 Å². The van der Waals surface area contributed by atoms with E-state index in [2.05, 4.69) is 37.9 Å². The number of anilines is 1. The molecule has 1 unspecified atom stereocenters. The van der Waals surface area contributed by atoms with Gasteiger partial charge < -0.3 is 10.6 Å². The molecule has 2 aromatic rings. The van der Waals surface area contributed by atoms with Crippen molar-refractivity contribution in [3.05, 3.63) is 65.7 Å². The zero-order valence-electron chi connectivity index (χ0n) is 19.3. The van der Waals surface area contributed by atoms with Crippen molar-refractivity contribution in [1.29, 1.82) is 0 Å². The Hall–Kier alpha value is -3.15. The first-order valence-corrected chi connectivity index (χ1v) is 11.2. The summed E-state index contributed by atoms with van der Waals surface area (Å²) < 4.78 is 0. The van der Waals surface area contributed by atoms with Crippen LogP contribution in [0, 0.1) is 5.92 Å². The van der Waals surface area contributed by atoms with E-state index in [1.165, 1.54) is 5.56 Å². The van der Waals surface area contributed by atoms with Crippen molar-refractivity contribution in [2.24, 2.45) is 16.6 Å². The number of hydrogen-bond acceptors (Lipinski definition) is 4. The molecule has 0 saturated carbocycles. The van der Waals surface area contributed by atoms with Gasteiger partial charge in [-0.3, -0.25) is 14.5 Å². The second-order valence-electron chi connectivity index (χ2n) is 9.89. The molecule has 6 heteroatoms. The van der Waals surface area contributed by atoms with E-state index in [1.54, 1.807) is 4.90 Å². The van der Waals surface area contributed by atoms with Crippen LogP contribution in [-0.4, -0.2) is 34.8 Å². The first kappa shape index (κ1) is 22.1. The average Bonchev–Trinajstić information content (AvgIpc) is 3.07. The minimum absolute atomic E-state index is 0.0204. The number of hydrogen-bond donors (Lipinski definition) is 1. The Labute approximate surface area is 190 Å². The van der Waals surface area contributed by atoms with Crippen LogP contribution in [0.15, 0.2) is 59.6 Å². The molecule has 2 heterocycles. The Morgan fingerprint density at radius 3 is 2.38 bits per heavy atom. The molecule has 1 fully saturated rings. The second-order valence-corrected chi connectivity index (χ2v) is 9.89. The van der Waals surface area contributed by atoms with Gasteiger partial charge in [-0.2, -0.15) is 0 Å². The standard InChI is InChI=1S/C26H32N4O2/c1-18(2)26(4)15-23(32)29(24(27)28-26)16-19-9-8-12-21(13-19)30-17-25(3,14-22(30)31)20-10-6-5-7-11-20/h5-13,18H,14-17H2,1-4H3,(H2,27,28)/t25?,26-/m0/s1. The number of carbonyl (C=O) groups is 2. The minimum atomic E-state index is -0.469. The van der Waals surface area contributed by atoms with Gasteiger partial charge in [-0.15, -0.1) is 0 Å². The third-order valence-corrected chi connectivity index (χ3v) is 7.08. The Morgan fingerprint density at radius 1 is 1.00 bits per heavy atom. The second kappa shape index (κ2) is 8.08. The van der Waals surface area contributed by atoms with Crippen LogP contribution in [0.3, 0.4) is 0 Å². The minimum Gasteiger partial charge on any atom is -0.369 e. The Kier molecular flexibility index (Phi) is 5.57. The number of nitrogens with two attached hydrogens (primary N) is 1. The molecule has 2 aliphatic rings. The predicted octanol–water partition coefficient (Wildman–Crippen LogP) is 3.84. The van der Waals surface area contributed by atoms with Gasteiger partial charge in [-0.25, -0.2) is 4.99 Å². The fraction of sp³-hybridized carbons (Fsp3) is 0.423. The van der Waals surface area contributed by atoms with Crippen LogP contribution in [0.5, 0.6) is 0 Å². The molecule has 2 aliphatic heterocycles. The summed E-state index contributed by atoms with van der Waals surface area (Å²) in [7, 11) is 0. The van der Waals surface area contributed by atoms with Gasteiger partial charge >= 0.3 is 0 Å². The van der Waals surface area contributed by atoms with Gasteiger partial charge in [-0.1, -0.05) is 63.2 Å². The largest absolute Gasteiger partial charge is 0.369 e. The molecule has 6 nitrogen and oxygen atoms in total. The SMILES string of the molecule is CC(C)[C@]1(C)CC(=O)N(Cc2cccc(N3CC(C)(c4ccccc4)CC3=O)c2)C(N)=N1. The van der Waals surface area contributed by atoms with Crippen LogP contribution in [0.1, 0.15) is 51.7 Å². The monoisotopic (exact) mass is 432 g/mol. The molecule has 168 valence electrons. The molecule has 0 aromatic heterocycles. The van der Waals surface area contributed by atoms with Crippen molar-refractivity contribution < 1.29 is 9.59 Å². The van der Waals surface area contributed by atoms with Crippen molar-refractivity contribution in [3.63, 3.8) is 0 Å². The van der Waals surface area contributed by atoms with Gasteiger partial charge in [0, 0.05) is 24.1 Å². The van der Waals surface area contributed by atoms with E-state index in [0.717, 1.165) is 11.3 Å². The van der Waals surface area contributed by atoms with Crippen molar-refractivity contribution in [2.45, 2.75) is 58.0 Å². The summed E-state index contributed by atoms with van der Waals surface area (Å²) in [6.07, 6.45) is 0.810. The summed E-state index contributed by atoms with van der Waals surface area (Å²) >= 11 is 0. The highest BCUT2D eigenvalue weighted by Gasteiger charge is 2.41. The highest BCUT2D eigenvalue weighted by molar-refractivity contribution is 5.99. The quantitative estimate of drug-likeness (QED) is 0.780. The summed E-state index contributed by atoms with van der Waals surface area (Å²) in [5.41, 5.74) is 8.44. The highest BCUT2D eigenvalue weighted by Crippen LogP contribution is 2.37. The van der Waals surface area contributed by atoms with E-state index in [0.29, 0.717) is 25.9 Å². The molecule has 1 saturated heterocycles. The Balaban J connectivity index is 1.55. The van der Waals surface area contributed by atoms with Gasteiger partial charge in [0.05, 0.1) is 18.5 Å². The number of carbonyl (C=O) groups excluding carboxylic acids is 2. The third kappa shape index (κ3) is 4.01. The van der Waals surface area contributed by atoms with Crippen LogP contribution in [-0.2, 0) is 21.5 Å². The topological polar surface area (TPSA) is 79.0 Å². The molecule has 0 bridgehead atoms. The first-order valence-electron chi connectivity index (χ1n) is 11.2. The summed E-state index contributed by atoms with van der Waals surface area (Å²) in [5, 5.41) is 0. The number of benzene rings is 2. The van der Waals surface area contributed by atoms with E-state index < -0.39 is 5.54 Å². The molecular formula is C26H32N4O2. The smallest absolute Gasteiger partial charge is 0.232 e. The third-order valence-electron chi connectivity index (χ3n) is 7.08. The Bertz CT molecular complexity index is 1060. The number of rotatable bonds is 5. The summed E-state index contributed by atoms with van der Waals surface area (Å²) in [5.74, 6) is 0.566. The van der Waals surface area contributed by atoms with E-state index in [1.807, 2.05) is 54.3 Å². The van der Waals surface area contributed by atoms with Crippen molar-refractivity contribution in [1.82, 2.24) is 4.90 Å². The van der Waals surface area contributed by atoms with E-state index >= 15 is 0 Å². The molecule has 32 heavy (non-hydrogen) atoms. The zero-order valence-corrected chi connectivity index (χ0v) is 19.3. The molecule has 2 amide bonds. The number of aliphatic imine (C=N–C) groups is 1. The maximum atomic E-state index is 12.9. The van der Waals surface area contributed by atoms with Gasteiger partial charge in [-0.05, 0) is 36.1 Å². The highest BCUT2D eigenvalue weighted by atomic mass is 16.2. The van der Waals surface area contributed by atoms with Crippen LogP contribution >= 0.6 is 0 Å². The molecular weight excluding hydrogens is 400 g/mol. The van der Waals surface area contributed by atoms with Crippen LogP contribution in [0.4, 0.5) is 5.69 Å². The number of nitrogens with zero attached hydrogens (tertiary/aromatic N) is 3. The maximum Gasteiger partial charge on any atom is 0.232 e. The normalized spacial score (nSPS) is 26.1. The lowest BCUT2D eigenvalue weighted by atomic mass is 9.82. The van der Waals surface area contributed by atoms with Crippen LogP contribution in [0.2, 0.25) is 0 Å². The van der Waals surface area contributed by atoms with Crippen LogP contribution < -0.4 is 10.6 Å². The lowest BCUT2D eigenvalue weighted by molar-refractivity contribution is -0.130. The fourth-order valence-corrected chi connectivity index (χ4v) is 4.59. The lowest BCUT2D eigenvalue weighted by Crippen LogP contribution is -2.51. The summed E-state index contributed by atoms with van der Waals surface area (Å²) in [6.45, 7) is 9.19. The predicted molar refractivity (Wildman–Crippen MR) is 127 cm³/mol. The maximum absolute atomic E-state index is 12.9. The van der Waals surface area contributed by atoms with Gasteiger partial charge in [0.1, 0.15) is 0 Å². The average molecular weight is 433 g/mol. The van der Waals surface area contributed by atoms with E-state index in [-0.39, 0.29) is 29.1 Å². The van der Waals surface area contributed by atoms with E-state index in [4.69, 9.17) is 5.73 Å². The number of amides is 2. The molecule has 0 aliphatic carbocycles. The van der Waals surface area contributed by atoms with Gasteiger partial charge in [0.15, 0.2) is 5.96 Å². The molecule has 2 atom stereocenters. The number of guanidine groups is 1. The van der Waals surface area contributed by atoms with Gasteiger partial charge in [0.25, 0.3) is 0 Å². The summed E-state index contributed by atoms with van der Waals surface area (Å²) in [6, 6.07) is 18.0. The molecule has 0 spiro atoms. The Morgan fingerprint density at radius 2 is 1.72 bits per heavy atom. The fourth-order valence-electron chi connectivity index (χ4n) is 4.59. The van der Waals surface area contributed by atoms with Crippen LogP contribution in [0.25, 0.3) is 0 Å². The molecule has 4 rings (SSSR count). The van der Waals surface area contributed by atoms with Crippen molar-refractivity contribution >= 4 is 23.5 Å².